The number of rotatable bonds is 9. The first-order valence-electron chi connectivity index (χ1n) is 6.66. The molecule has 0 N–H and O–H groups in total. The molecule has 0 fully saturated rings. The maximum absolute atomic E-state index is 5.93. The quantitative estimate of drug-likeness (QED) is 0.648. The van der Waals surface area contributed by atoms with Gasteiger partial charge in [0.2, 0.25) is 0 Å². The fourth-order valence-corrected chi connectivity index (χ4v) is 4.04. The summed E-state index contributed by atoms with van der Waals surface area (Å²) in [4.78, 5) is 0. The summed E-state index contributed by atoms with van der Waals surface area (Å²) >= 11 is 0. The lowest BCUT2D eigenvalue weighted by Gasteiger charge is -2.26. The fraction of sp³-hybridized carbons (Fsp3) is 0.467. The monoisotopic (exact) mass is 280 g/mol. The van der Waals surface area contributed by atoms with Crippen molar-refractivity contribution in [3.63, 3.8) is 0 Å². The molecule has 1 aromatic carbocycles. The number of benzene rings is 1. The topological polar surface area (TPSA) is 27.7 Å². The maximum Gasteiger partial charge on any atom is 0.500 e. The van der Waals surface area contributed by atoms with E-state index in [1.807, 2.05) is 18.2 Å². The van der Waals surface area contributed by atoms with Crippen molar-refractivity contribution >= 4 is 14.9 Å². The van der Waals surface area contributed by atoms with E-state index < -0.39 is 8.80 Å². The predicted octanol–water partition coefficient (Wildman–Crippen LogP) is 3.53. The van der Waals surface area contributed by atoms with Gasteiger partial charge in [0.15, 0.2) is 0 Å². The van der Waals surface area contributed by atoms with Crippen LogP contribution in [0.4, 0.5) is 0 Å². The highest BCUT2D eigenvalue weighted by atomic mass is 28.4. The van der Waals surface area contributed by atoms with Crippen LogP contribution in [-0.4, -0.2) is 29.6 Å². The second-order valence-corrected chi connectivity index (χ2v) is 7.31. The first-order valence-corrected chi connectivity index (χ1v) is 8.59. The second kappa shape index (κ2) is 8.27. The largest absolute Gasteiger partial charge is 0.500 e. The SMILES string of the molecule is C=Cc1ccccc1CCO[Si](CCC)(OC)OC. The van der Waals surface area contributed by atoms with E-state index in [1.165, 1.54) is 5.56 Å². The molecule has 0 saturated heterocycles. The summed E-state index contributed by atoms with van der Waals surface area (Å²) in [6, 6.07) is 9.06. The molecule has 0 aliphatic rings. The molecule has 3 nitrogen and oxygen atoms in total. The van der Waals surface area contributed by atoms with E-state index in [4.69, 9.17) is 13.3 Å². The molecule has 0 aliphatic heterocycles. The van der Waals surface area contributed by atoms with Gasteiger partial charge >= 0.3 is 8.80 Å². The lowest BCUT2D eigenvalue weighted by atomic mass is 10.1. The standard InChI is InChI=1S/C15H24O3Si/c1-5-13-19(16-3,17-4)18-12-11-15-10-8-7-9-14(15)6-2/h6-10H,2,5,11-13H2,1,3-4H3. The fourth-order valence-electron chi connectivity index (χ4n) is 2.06. The number of hydrogen-bond acceptors (Lipinski definition) is 3. The van der Waals surface area contributed by atoms with Crippen molar-refractivity contribution in [2.24, 2.45) is 0 Å². The van der Waals surface area contributed by atoms with E-state index >= 15 is 0 Å². The first kappa shape index (κ1) is 16.1. The van der Waals surface area contributed by atoms with E-state index in [0.717, 1.165) is 24.4 Å². The predicted molar refractivity (Wildman–Crippen MR) is 81.1 cm³/mol. The van der Waals surface area contributed by atoms with Gasteiger partial charge in [-0.2, -0.15) is 0 Å². The molecule has 1 aromatic rings. The van der Waals surface area contributed by atoms with Crippen molar-refractivity contribution in [2.75, 3.05) is 20.8 Å². The molecule has 0 unspecified atom stereocenters. The van der Waals surface area contributed by atoms with Crippen LogP contribution in [0.1, 0.15) is 24.5 Å². The van der Waals surface area contributed by atoms with Crippen LogP contribution in [0.3, 0.4) is 0 Å². The Hall–Kier alpha value is -0.943. The smallest absolute Gasteiger partial charge is 0.377 e. The average Bonchev–Trinajstić information content (AvgIpc) is 2.47. The van der Waals surface area contributed by atoms with Crippen LogP contribution >= 0.6 is 0 Å². The molecule has 0 atom stereocenters. The van der Waals surface area contributed by atoms with Gasteiger partial charge in [0.05, 0.1) is 0 Å². The van der Waals surface area contributed by atoms with Crippen molar-refractivity contribution in [3.05, 3.63) is 42.0 Å². The molecule has 0 bridgehead atoms. The molecular weight excluding hydrogens is 256 g/mol. The highest BCUT2D eigenvalue weighted by molar-refractivity contribution is 6.60. The first-order chi connectivity index (χ1) is 9.21. The average molecular weight is 280 g/mol. The summed E-state index contributed by atoms with van der Waals surface area (Å²) in [6.07, 6.45) is 3.71. The van der Waals surface area contributed by atoms with E-state index in [0.29, 0.717) is 6.61 Å². The van der Waals surface area contributed by atoms with Crippen LogP contribution in [0.25, 0.3) is 6.08 Å². The summed E-state index contributed by atoms with van der Waals surface area (Å²) in [5, 5.41) is 0. The molecule has 19 heavy (non-hydrogen) atoms. The van der Waals surface area contributed by atoms with E-state index in [1.54, 1.807) is 14.2 Å². The zero-order valence-electron chi connectivity index (χ0n) is 12.1. The van der Waals surface area contributed by atoms with Gasteiger partial charge in [0.1, 0.15) is 0 Å². The molecule has 0 radical (unpaired) electrons. The minimum absolute atomic E-state index is 0.610. The Kier molecular flexibility index (Phi) is 7.01. The normalized spacial score (nSPS) is 11.5. The summed E-state index contributed by atoms with van der Waals surface area (Å²) in [5.74, 6) is 0. The summed E-state index contributed by atoms with van der Waals surface area (Å²) in [7, 11) is 0.889. The Morgan fingerprint density at radius 2 is 1.89 bits per heavy atom. The zero-order chi connectivity index (χ0) is 14.1. The van der Waals surface area contributed by atoms with Crippen molar-refractivity contribution in [2.45, 2.75) is 25.8 Å². The molecule has 0 saturated carbocycles. The maximum atomic E-state index is 5.93. The molecule has 0 amide bonds. The van der Waals surface area contributed by atoms with E-state index in [-0.39, 0.29) is 0 Å². The Bertz CT molecular complexity index is 389. The third kappa shape index (κ3) is 4.58. The van der Waals surface area contributed by atoms with E-state index in [9.17, 15) is 0 Å². The van der Waals surface area contributed by atoms with Crippen LogP contribution in [0, 0.1) is 0 Å². The van der Waals surface area contributed by atoms with Gasteiger partial charge in [0, 0.05) is 26.9 Å². The Morgan fingerprint density at radius 3 is 2.47 bits per heavy atom. The minimum atomic E-state index is -2.45. The molecule has 0 spiro atoms. The highest BCUT2D eigenvalue weighted by Crippen LogP contribution is 2.17. The summed E-state index contributed by atoms with van der Waals surface area (Å²) in [5.41, 5.74) is 2.40. The molecule has 0 heterocycles. The third-order valence-electron chi connectivity index (χ3n) is 3.15. The lowest BCUT2D eigenvalue weighted by molar-refractivity contribution is 0.0992. The molecule has 0 aromatic heterocycles. The van der Waals surface area contributed by atoms with Gasteiger partial charge in [-0.3, -0.25) is 0 Å². The minimum Gasteiger partial charge on any atom is -0.377 e. The van der Waals surface area contributed by atoms with Crippen molar-refractivity contribution in [3.8, 4) is 0 Å². The Morgan fingerprint density at radius 1 is 1.21 bits per heavy atom. The van der Waals surface area contributed by atoms with Crippen LogP contribution in [-0.2, 0) is 19.7 Å². The lowest BCUT2D eigenvalue weighted by Crippen LogP contribution is -2.44. The van der Waals surface area contributed by atoms with Gasteiger partial charge in [-0.05, 0) is 17.5 Å². The van der Waals surface area contributed by atoms with Crippen molar-refractivity contribution < 1.29 is 13.3 Å². The van der Waals surface area contributed by atoms with Gasteiger partial charge in [-0.1, -0.05) is 50.3 Å². The van der Waals surface area contributed by atoms with Gasteiger partial charge in [0.25, 0.3) is 0 Å². The van der Waals surface area contributed by atoms with Crippen LogP contribution < -0.4 is 0 Å². The van der Waals surface area contributed by atoms with Crippen molar-refractivity contribution in [1.82, 2.24) is 0 Å². The van der Waals surface area contributed by atoms with Crippen LogP contribution in [0.5, 0.6) is 0 Å². The highest BCUT2D eigenvalue weighted by Gasteiger charge is 2.37. The zero-order valence-corrected chi connectivity index (χ0v) is 13.1. The summed E-state index contributed by atoms with van der Waals surface area (Å²) in [6.45, 7) is 6.55. The molecule has 1 rings (SSSR count). The molecule has 106 valence electrons. The number of hydrogen-bond donors (Lipinski definition) is 0. The van der Waals surface area contributed by atoms with Gasteiger partial charge in [-0.15, -0.1) is 0 Å². The van der Waals surface area contributed by atoms with E-state index in [2.05, 4.69) is 25.6 Å². The molecule has 4 heteroatoms. The third-order valence-corrected chi connectivity index (χ3v) is 6.15. The second-order valence-electron chi connectivity index (χ2n) is 4.34. The molecule has 0 aliphatic carbocycles. The molecular formula is C15H24O3Si. The Balaban J connectivity index is 2.59. The summed E-state index contributed by atoms with van der Waals surface area (Å²) < 4.78 is 16.9. The van der Waals surface area contributed by atoms with Gasteiger partial charge in [-0.25, -0.2) is 0 Å². The van der Waals surface area contributed by atoms with Crippen LogP contribution in [0.2, 0.25) is 6.04 Å². The van der Waals surface area contributed by atoms with Gasteiger partial charge < -0.3 is 13.3 Å². The van der Waals surface area contributed by atoms with Crippen LogP contribution in [0.15, 0.2) is 30.8 Å². The van der Waals surface area contributed by atoms with Crippen molar-refractivity contribution in [1.29, 1.82) is 0 Å². The Labute approximate surface area is 117 Å².